The highest BCUT2D eigenvalue weighted by atomic mass is 19.1. The lowest BCUT2D eigenvalue weighted by molar-refractivity contribution is -0.129. The van der Waals surface area contributed by atoms with Crippen LogP contribution in [0.5, 0.6) is 0 Å². The number of hydrogen-bond donors (Lipinski definition) is 2. The van der Waals surface area contributed by atoms with Crippen LogP contribution in [0.1, 0.15) is 34.7 Å². The third-order valence-electron chi connectivity index (χ3n) is 4.24. The molecule has 7 nitrogen and oxygen atoms in total. The molecular formula is C19H21FN4O3. The van der Waals surface area contributed by atoms with Crippen LogP contribution >= 0.6 is 0 Å². The molecule has 0 radical (unpaired) electrons. The van der Waals surface area contributed by atoms with Gasteiger partial charge in [-0.25, -0.2) is 14.4 Å². The summed E-state index contributed by atoms with van der Waals surface area (Å²) in [6, 6.07) is 5.92. The first-order chi connectivity index (χ1) is 13.0. The van der Waals surface area contributed by atoms with Crippen LogP contribution in [-0.4, -0.2) is 41.0 Å². The van der Waals surface area contributed by atoms with Crippen molar-refractivity contribution in [3.63, 3.8) is 0 Å². The summed E-state index contributed by atoms with van der Waals surface area (Å²) in [7, 11) is 0. The van der Waals surface area contributed by atoms with E-state index in [1.54, 1.807) is 19.1 Å². The fraction of sp³-hybridized carbons (Fsp3) is 0.368. The second kappa shape index (κ2) is 8.68. The number of halogens is 1. The number of aromatic nitrogens is 2. The highest BCUT2D eigenvalue weighted by molar-refractivity contribution is 6.04. The lowest BCUT2D eigenvalue weighted by atomic mass is 10.1. The smallest absolute Gasteiger partial charge is 0.259 e. The zero-order chi connectivity index (χ0) is 19.2. The lowest BCUT2D eigenvalue weighted by Gasteiger charge is -2.12. The monoisotopic (exact) mass is 372 g/mol. The molecule has 2 aromatic rings. The van der Waals surface area contributed by atoms with E-state index in [0.717, 1.165) is 12.8 Å². The van der Waals surface area contributed by atoms with Crippen molar-refractivity contribution in [2.45, 2.75) is 32.3 Å². The van der Waals surface area contributed by atoms with Crippen molar-refractivity contribution in [1.29, 1.82) is 0 Å². The van der Waals surface area contributed by atoms with Gasteiger partial charge in [-0.1, -0.05) is 12.1 Å². The maximum atomic E-state index is 13.8. The first-order valence-electron chi connectivity index (χ1n) is 8.82. The Morgan fingerprint density at radius 2 is 2.15 bits per heavy atom. The second-order valence-corrected chi connectivity index (χ2v) is 6.25. The molecule has 0 aliphatic carbocycles. The lowest BCUT2D eigenvalue weighted by Crippen LogP contribution is -2.35. The molecular weight excluding hydrogens is 351 g/mol. The summed E-state index contributed by atoms with van der Waals surface area (Å²) < 4.78 is 19.1. The van der Waals surface area contributed by atoms with Crippen LogP contribution in [0.4, 0.5) is 10.1 Å². The summed E-state index contributed by atoms with van der Waals surface area (Å²) in [6.07, 6.45) is 2.96. The average Bonchev–Trinajstić information content (AvgIpc) is 3.18. The normalized spacial score (nSPS) is 16.1. The Labute approximate surface area is 156 Å². The first-order valence-corrected chi connectivity index (χ1v) is 8.82. The zero-order valence-corrected chi connectivity index (χ0v) is 15.0. The van der Waals surface area contributed by atoms with Gasteiger partial charge in [-0.3, -0.25) is 9.59 Å². The van der Waals surface area contributed by atoms with Gasteiger partial charge in [0, 0.05) is 25.8 Å². The van der Waals surface area contributed by atoms with Crippen molar-refractivity contribution >= 4 is 17.5 Å². The van der Waals surface area contributed by atoms with E-state index in [2.05, 4.69) is 20.6 Å². The van der Waals surface area contributed by atoms with Crippen molar-refractivity contribution in [2.75, 3.05) is 18.5 Å². The fourth-order valence-corrected chi connectivity index (χ4v) is 2.85. The molecule has 8 heteroatoms. The van der Waals surface area contributed by atoms with Crippen LogP contribution in [0, 0.1) is 12.7 Å². The number of benzene rings is 1. The number of ether oxygens (including phenoxy) is 1. The molecule has 142 valence electrons. The van der Waals surface area contributed by atoms with Gasteiger partial charge in [0.1, 0.15) is 17.7 Å². The van der Waals surface area contributed by atoms with E-state index in [0.29, 0.717) is 31.1 Å². The molecule has 1 unspecified atom stereocenters. The summed E-state index contributed by atoms with van der Waals surface area (Å²) in [5, 5.41) is 5.33. The second-order valence-electron chi connectivity index (χ2n) is 6.25. The molecule has 1 aromatic carbocycles. The number of aryl methyl sites for hydroxylation is 1. The van der Waals surface area contributed by atoms with E-state index >= 15 is 0 Å². The number of hydrogen-bond acceptors (Lipinski definition) is 5. The van der Waals surface area contributed by atoms with Crippen LogP contribution in [-0.2, 0) is 16.0 Å². The van der Waals surface area contributed by atoms with E-state index in [1.165, 1.54) is 18.3 Å². The molecule has 2 heterocycles. The molecule has 1 atom stereocenters. The highest BCUT2D eigenvalue weighted by Gasteiger charge is 2.23. The van der Waals surface area contributed by atoms with E-state index in [9.17, 15) is 14.0 Å². The molecule has 1 saturated heterocycles. The minimum Gasteiger partial charge on any atom is -0.368 e. The van der Waals surface area contributed by atoms with Crippen molar-refractivity contribution < 1.29 is 18.7 Å². The quantitative estimate of drug-likeness (QED) is 0.809. The number of rotatable bonds is 6. The average molecular weight is 372 g/mol. The minimum absolute atomic E-state index is 0.0840. The van der Waals surface area contributed by atoms with Crippen molar-refractivity contribution in [1.82, 2.24) is 15.3 Å². The Morgan fingerprint density at radius 1 is 1.33 bits per heavy atom. The molecule has 2 N–H and O–H groups in total. The van der Waals surface area contributed by atoms with Crippen LogP contribution in [0.25, 0.3) is 0 Å². The maximum Gasteiger partial charge on any atom is 0.259 e. The SMILES string of the molecule is Cc1ncc(C(=O)Nc2ccccc2F)c(CCNC(=O)C2CCCO2)n1. The summed E-state index contributed by atoms with van der Waals surface area (Å²) in [5.74, 6) is -0.668. The predicted molar refractivity (Wildman–Crippen MR) is 96.8 cm³/mol. The van der Waals surface area contributed by atoms with E-state index in [-0.39, 0.29) is 17.2 Å². The number of nitrogens with one attached hydrogen (secondary N) is 2. The topological polar surface area (TPSA) is 93.2 Å². The predicted octanol–water partition coefficient (Wildman–Crippen LogP) is 2.01. The Hall–Kier alpha value is -2.87. The first kappa shape index (κ1) is 18.9. The Morgan fingerprint density at radius 3 is 2.89 bits per heavy atom. The molecule has 1 aliphatic heterocycles. The van der Waals surface area contributed by atoms with Gasteiger partial charge < -0.3 is 15.4 Å². The fourth-order valence-electron chi connectivity index (χ4n) is 2.85. The summed E-state index contributed by atoms with van der Waals surface area (Å²) >= 11 is 0. The minimum atomic E-state index is -0.524. The number of carbonyl (C=O) groups excluding carboxylic acids is 2. The van der Waals surface area contributed by atoms with Gasteiger partial charge in [-0.05, 0) is 31.9 Å². The van der Waals surface area contributed by atoms with E-state index < -0.39 is 17.8 Å². The third kappa shape index (κ3) is 4.85. The highest BCUT2D eigenvalue weighted by Crippen LogP contribution is 2.16. The number of carbonyl (C=O) groups is 2. The Bertz CT molecular complexity index is 837. The van der Waals surface area contributed by atoms with E-state index in [4.69, 9.17) is 4.74 Å². The molecule has 1 aromatic heterocycles. The van der Waals surface area contributed by atoms with Gasteiger partial charge in [0.2, 0.25) is 5.91 Å². The third-order valence-corrected chi connectivity index (χ3v) is 4.24. The molecule has 1 aliphatic rings. The summed E-state index contributed by atoms with van der Waals surface area (Å²) in [6.45, 7) is 2.63. The summed E-state index contributed by atoms with van der Waals surface area (Å²) in [5.41, 5.74) is 0.819. The molecule has 2 amide bonds. The molecule has 0 saturated carbocycles. The standard InChI is InChI=1S/C19H21FN4O3/c1-12-22-11-13(18(25)24-16-6-3-2-5-14(16)20)15(23-12)8-9-21-19(26)17-7-4-10-27-17/h2-3,5-6,11,17H,4,7-10H2,1H3,(H,21,26)(H,24,25). The molecule has 27 heavy (non-hydrogen) atoms. The van der Waals surface area contributed by atoms with Crippen molar-refractivity contribution in [3.05, 3.63) is 53.4 Å². The number of anilines is 1. The Kier molecular flexibility index (Phi) is 6.08. The van der Waals surface area contributed by atoms with E-state index in [1.807, 2.05) is 0 Å². The van der Waals surface area contributed by atoms with Crippen LogP contribution in [0.2, 0.25) is 0 Å². The molecule has 1 fully saturated rings. The van der Waals surface area contributed by atoms with Gasteiger partial charge in [-0.2, -0.15) is 0 Å². The van der Waals surface area contributed by atoms with Crippen LogP contribution in [0.15, 0.2) is 30.5 Å². The maximum absolute atomic E-state index is 13.8. The molecule has 0 spiro atoms. The largest absolute Gasteiger partial charge is 0.368 e. The number of para-hydroxylation sites is 1. The van der Waals surface area contributed by atoms with Gasteiger partial charge in [-0.15, -0.1) is 0 Å². The Balaban J connectivity index is 1.66. The van der Waals surface area contributed by atoms with Crippen molar-refractivity contribution in [3.8, 4) is 0 Å². The van der Waals surface area contributed by atoms with Crippen LogP contribution in [0.3, 0.4) is 0 Å². The number of amides is 2. The van der Waals surface area contributed by atoms with Gasteiger partial charge in [0.05, 0.1) is 16.9 Å². The number of nitrogens with zero attached hydrogens (tertiary/aromatic N) is 2. The van der Waals surface area contributed by atoms with Gasteiger partial charge in [0.15, 0.2) is 0 Å². The zero-order valence-electron chi connectivity index (χ0n) is 15.0. The summed E-state index contributed by atoms with van der Waals surface area (Å²) in [4.78, 5) is 32.9. The molecule has 3 rings (SSSR count). The van der Waals surface area contributed by atoms with Crippen molar-refractivity contribution in [2.24, 2.45) is 0 Å². The molecule has 0 bridgehead atoms. The van der Waals surface area contributed by atoms with Crippen LogP contribution < -0.4 is 10.6 Å². The van der Waals surface area contributed by atoms with Gasteiger partial charge in [0.25, 0.3) is 5.91 Å². The van der Waals surface area contributed by atoms with Gasteiger partial charge >= 0.3 is 0 Å².